The summed E-state index contributed by atoms with van der Waals surface area (Å²) in [6.07, 6.45) is 3.13. The molecule has 0 atom stereocenters. The number of anilines is 1. The maximum absolute atomic E-state index is 8.31. The van der Waals surface area contributed by atoms with Gasteiger partial charge in [-0.1, -0.05) is 18.2 Å². The third kappa shape index (κ3) is 1.64. The van der Waals surface area contributed by atoms with E-state index in [1.807, 2.05) is 31.2 Å². The smallest absolute Gasteiger partial charge is 0.0912 e. The molecule has 2 nitrogen and oxygen atoms in total. The molecule has 0 aliphatic carbocycles. The van der Waals surface area contributed by atoms with Gasteiger partial charge in [-0.05, 0) is 24.1 Å². The fourth-order valence-electron chi connectivity index (χ4n) is 0.976. The lowest BCUT2D eigenvalue weighted by Gasteiger charge is -2.02. The summed E-state index contributed by atoms with van der Waals surface area (Å²) in [5.41, 5.74) is 8.44. The fraction of sp³-hybridized carbons (Fsp3) is 0.100. The Labute approximate surface area is 71.9 Å². The van der Waals surface area contributed by atoms with Crippen molar-refractivity contribution in [2.24, 2.45) is 0 Å². The van der Waals surface area contributed by atoms with Gasteiger partial charge in [-0.15, -0.1) is 0 Å². The summed E-state index contributed by atoms with van der Waals surface area (Å²) < 4.78 is 0. The number of hydrogen-bond acceptors (Lipinski definition) is 2. The molecule has 0 radical (unpaired) electrons. The number of hydrogen-bond donors (Lipinski definition) is 1. The van der Waals surface area contributed by atoms with Crippen LogP contribution in [-0.4, -0.2) is 0 Å². The predicted molar refractivity (Wildman–Crippen MR) is 50.2 cm³/mol. The molecule has 0 heterocycles. The van der Waals surface area contributed by atoms with Gasteiger partial charge in [0.1, 0.15) is 0 Å². The maximum Gasteiger partial charge on any atom is 0.0912 e. The second-order valence-electron chi connectivity index (χ2n) is 2.54. The number of nitrogens with two attached hydrogens (primary N) is 1. The zero-order valence-corrected chi connectivity index (χ0v) is 6.91. The molecule has 0 spiro atoms. The number of rotatable bonds is 1. The predicted octanol–water partition coefficient (Wildman–Crippen LogP) is 2.11. The number of benzene rings is 1. The lowest BCUT2D eigenvalue weighted by atomic mass is 10.1. The Morgan fingerprint density at radius 3 is 2.92 bits per heavy atom. The van der Waals surface area contributed by atoms with Gasteiger partial charge in [0.05, 0.1) is 6.07 Å². The van der Waals surface area contributed by atoms with Crippen LogP contribution in [0.2, 0.25) is 0 Å². The van der Waals surface area contributed by atoms with Crippen LogP contribution < -0.4 is 5.73 Å². The SMILES string of the molecule is Cc1cccc(C=CC#N)c1N. The van der Waals surface area contributed by atoms with Gasteiger partial charge in [-0.2, -0.15) is 5.26 Å². The Morgan fingerprint density at radius 2 is 2.25 bits per heavy atom. The minimum Gasteiger partial charge on any atom is -0.398 e. The Morgan fingerprint density at radius 1 is 1.50 bits per heavy atom. The lowest BCUT2D eigenvalue weighted by molar-refractivity contribution is 1.46. The van der Waals surface area contributed by atoms with Crippen LogP contribution in [0, 0.1) is 18.3 Å². The van der Waals surface area contributed by atoms with Crippen LogP contribution in [0.3, 0.4) is 0 Å². The fourth-order valence-corrected chi connectivity index (χ4v) is 0.976. The summed E-state index contributed by atoms with van der Waals surface area (Å²) in [7, 11) is 0. The largest absolute Gasteiger partial charge is 0.398 e. The van der Waals surface area contributed by atoms with Crippen LogP contribution in [0.1, 0.15) is 11.1 Å². The van der Waals surface area contributed by atoms with Crippen LogP contribution in [0.4, 0.5) is 5.69 Å². The molecule has 1 aromatic carbocycles. The number of para-hydroxylation sites is 1. The van der Waals surface area contributed by atoms with Crippen molar-refractivity contribution in [1.82, 2.24) is 0 Å². The first-order valence-electron chi connectivity index (χ1n) is 3.67. The van der Waals surface area contributed by atoms with E-state index in [-0.39, 0.29) is 0 Å². The topological polar surface area (TPSA) is 49.8 Å². The minimum atomic E-state index is 0.740. The first-order chi connectivity index (χ1) is 5.75. The van der Waals surface area contributed by atoms with Crippen LogP contribution in [0.15, 0.2) is 24.3 Å². The highest BCUT2D eigenvalue weighted by atomic mass is 14.6. The summed E-state index contributed by atoms with van der Waals surface area (Å²) in [6, 6.07) is 7.67. The van der Waals surface area contributed by atoms with E-state index in [1.165, 1.54) is 6.08 Å². The van der Waals surface area contributed by atoms with E-state index in [4.69, 9.17) is 11.0 Å². The quantitative estimate of drug-likeness (QED) is 0.502. The van der Waals surface area contributed by atoms with Crippen molar-refractivity contribution in [2.45, 2.75) is 6.92 Å². The van der Waals surface area contributed by atoms with Gasteiger partial charge in [0.2, 0.25) is 0 Å². The Bertz CT molecular complexity index is 345. The summed E-state index contributed by atoms with van der Waals surface area (Å²) in [5.74, 6) is 0. The highest BCUT2D eigenvalue weighted by Gasteiger charge is 1.95. The Kier molecular flexibility index (Phi) is 2.49. The third-order valence-corrected chi connectivity index (χ3v) is 1.70. The van der Waals surface area contributed by atoms with E-state index in [0.29, 0.717) is 0 Å². The van der Waals surface area contributed by atoms with Gasteiger partial charge in [0, 0.05) is 11.8 Å². The average Bonchev–Trinajstić information content (AvgIpc) is 2.08. The van der Waals surface area contributed by atoms with Gasteiger partial charge < -0.3 is 5.73 Å². The zero-order valence-electron chi connectivity index (χ0n) is 6.91. The number of nitrogens with zero attached hydrogens (tertiary/aromatic N) is 1. The standard InChI is InChI=1S/C10H10N2/c1-8-4-2-5-9(10(8)12)6-3-7-11/h2-6H,12H2,1H3. The van der Waals surface area contributed by atoms with E-state index >= 15 is 0 Å². The van der Waals surface area contributed by atoms with Gasteiger partial charge >= 0.3 is 0 Å². The first kappa shape index (κ1) is 8.35. The van der Waals surface area contributed by atoms with Crippen LogP contribution in [0.5, 0.6) is 0 Å². The summed E-state index contributed by atoms with van der Waals surface area (Å²) >= 11 is 0. The summed E-state index contributed by atoms with van der Waals surface area (Å²) in [5, 5.41) is 8.31. The molecule has 2 N–H and O–H groups in total. The van der Waals surface area contributed by atoms with Crippen molar-refractivity contribution >= 4 is 11.8 Å². The van der Waals surface area contributed by atoms with Gasteiger partial charge in [-0.3, -0.25) is 0 Å². The van der Waals surface area contributed by atoms with Crippen molar-refractivity contribution in [1.29, 1.82) is 5.26 Å². The highest BCUT2D eigenvalue weighted by Crippen LogP contribution is 2.17. The number of allylic oxidation sites excluding steroid dienone is 1. The normalized spacial score (nSPS) is 10.0. The molecule has 0 aliphatic heterocycles. The molecule has 60 valence electrons. The molecule has 2 heteroatoms. The van der Waals surface area contributed by atoms with E-state index in [2.05, 4.69) is 0 Å². The van der Waals surface area contributed by atoms with E-state index in [1.54, 1.807) is 6.08 Å². The van der Waals surface area contributed by atoms with Crippen molar-refractivity contribution in [3.63, 3.8) is 0 Å². The molecule has 12 heavy (non-hydrogen) atoms. The molecule has 0 saturated heterocycles. The zero-order chi connectivity index (χ0) is 8.97. The van der Waals surface area contributed by atoms with Crippen LogP contribution in [-0.2, 0) is 0 Å². The molecule has 0 unspecified atom stereocenters. The molecule has 0 aliphatic rings. The van der Waals surface area contributed by atoms with Gasteiger partial charge in [0.15, 0.2) is 0 Å². The molecule has 0 aromatic heterocycles. The van der Waals surface area contributed by atoms with Crippen molar-refractivity contribution in [3.05, 3.63) is 35.4 Å². The van der Waals surface area contributed by atoms with E-state index in [0.717, 1.165) is 16.8 Å². The molecule has 0 amide bonds. The van der Waals surface area contributed by atoms with Crippen molar-refractivity contribution in [2.75, 3.05) is 5.73 Å². The molecule has 0 fully saturated rings. The lowest BCUT2D eigenvalue weighted by Crippen LogP contribution is -1.91. The average molecular weight is 158 g/mol. The number of aryl methyl sites for hydroxylation is 1. The van der Waals surface area contributed by atoms with Crippen LogP contribution in [0.25, 0.3) is 6.08 Å². The van der Waals surface area contributed by atoms with E-state index in [9.17, 15) is 0 Å². The number of nitriles is 1. The molecule has 0 bridgehead atoms. The second kappa shape index (κ2) is 3.59. The van der Waals surface area contributed by atoms with Gasteiger partial charge in [0.25, 0.3) is 0 Å². The van der Waals surface area contributed by atoms with Crippen LogP contribution >= 0.6 is 0 Å². The first-order valence-corrected chi connectivity index (χ1v) is 3.67. The molecular weight excluding hydrogens is 148 g/mol. The summed E-state index contributed by atoms with van der Waals surface area (Å²) in [4.78, 5) is 0. The molecule has 1 rings (SSSR count). The summed E-state index contributed by atoms with van der Waals surface area (Å²) in [6.45, 7) is 1.94. The molecule has 1 aromatic rings. The third-order valence-electron chi connectivity index (χ3n) is 1.70. The molecular formula is C10H10N2. The minimum absolute atomic E-state index is 0.740. The van der Waals surface area contributed by atoms with Gasteiger partial charge in [-0.25, -0.2) is 0 Å². The second-order valence-corrected chi connectivity index (χ2v) is 2.54. The maximum atomic E-state index is 8.31. The van der Waals surface area contributed by atoms with E-state index < -0.39 is 0 Å². The van der Waals surface area contributed by atoms with Crippen molar-refractivity contribution in [3.8, 4) is 6.07 Å². The Balaban J connectivity index is 3.10. The monoisotopic (exact) mass is 158 g/mol. The highest BCUT2D eigenvalue weighted by molar-refractivity contribution is 5.68. The number of nitrogen functional groups attached to an aromatic ring is 1. The molecule has 0 saturated carbocycles. The van der Waals surface area contributed by atoms with Crippen molar-refractivity contribution < 1.29 is 0 Å². The Hall–Kier alpha value is -1.75.